The van der Waals surface area contributed by atoms with E-state index >= 15 is 0 Å². The Morgan fingerprint density at radius 1 is 1.47 bits per heavy atom. The van der Waals surface area contributed by atoms with Gasteiger partial charge in [-0.15, -0.1) is 0 Å². The molecule has 3 nitrogen and oxygen atoms in total. The van der Waals surface area contributed by atoms with Crippen LogP contribution >= 0.6 is 0 Å². The SMILES string of the molecule is CCC(CC)N(C)C(=O)C1(C)CCNC1. The summed E-state index contributed by atoms with van der Waals surface area (Å²) in [4.78, 5) is 14.3. The maximum atomic E-state index is 12.3. The van der Waals surface area contributed by atoms with Crippen LogP contribution in [0.3, 0.4) is 0 Å². The summed E-state index contributed by atoms with van der Waals surface area (Å²) in [7, 11) is 1.95. The first-order valence-corrected chi connectivity index (χ1v) is 6.03. The lowest BCUT2D eigenvalue weighted by molar-refractivity contribution is -0.141. The summed E-state index contributed by atoms with van der Waals surface area (Å²) in [6.45, 7) is 8.17. The predicted octanol–water partition coefficient (Wildman–Crippen LogP) is 1.63. The largest absolute Gasteiger partial charge is 0.342 e. The van der Waals surface area contributed by atoms with Crippen molar-refractivity contribution in [2.24, 2.45) is 5.41 Å². The summed E-state index contributed by atoms with van der Waals surface area (Å²) < 4.78 is 0. The highest BCUT2D eigenvalue weighted by atomic mass is 16.2. The third-order valence-corrected chi connectivity index (χ3v) is 3.70. The zero-order chi connectivity index (χ0) is 11.5. The minimum atomic E-state index is -0.169. The predicted molar refractivity (Wildman–Crippen MR) is 62.7 cm³/mol. The van der Waals surface area contributed by atoms with Crippen molar-refractivity contribution in [2.45, 2.75) is 46.1 Å². The summed E-state index contributed by atoms with van der Waals surface area (Å²) >= 11 is 0. The summed E-state index contributed by atoms with van der Waals surface area (Å²) in [6, 6.07) is 0.398. The molecule has 0 aromatic carbocycles. The van der Waals surface area contributed by atoms with Gasteiger partial charge in [0.2, 0.25) is 5.91 Å². The molecule has 1 rings (SSSR count). The van der Waals surface area contributed by atoms with Crippen molar-refractivity contribution in [1.82, 2.24) is 10.2 Å². The van der Waals surface area contributed by atoms with E-state index in [9.17, 15) is 4.79 Å². The van der Waals surface area contributed by atoms with Gasteiger partial charge in [0.1, 0.15) is 0 Å². The number of rotatable bonds is 4. The van der Waals surface area contributed by atoms with Crippen LogP contribution in [0.25, 0.3) is 0 Å². The van der Waals surface area contributed by atoms with Crippen LogP contribution in [0.2, 0.25) is 0 Å². The van der Waals surface area contributed by atoms with Crippen LogP contribution in [0.1, 0.15) is 40.0 Å². The molecular weight excluding hydrogens is 188 g/mol. The van der Waals surface area contributed by atoms with Gasteiger partial charge in [-0.1, -0.05) is 13.8 Å². The Morgan fingerprint density at radius 3 is 2.47 bits per heavy atom. The Bertz CT molecular complexity index is 218. The van der Waals surface area contributed by atoms with Gasteiger partial charge in [-0.05, 0) is 32.7 Å². The normalized spacial score (nSPS) is 25.9. The second-order valence-corrected chi connectivity index (χ2v) is 4.87. The maximum absolute atomic E-state index is 12.3. The molecule has 15 heavy (non-hydrogen) atoms. The third kappa shape index (κ3) is 2.51. The number of nitrogens with one attached hydrogen (secondary N) is 1. The molecule has 88 valence electrons. The fourth-order valence-corrected chi connectivity index (χ4v) is 2.43. The minimum absolute atomic E-state index is 0.169. The number of nitrogens with zero attached hydrogens (tertiary/aromatic N) is 1. The first-order chi connectivity index (χ1) is 7.05. The van der Waals surface area contributed by atoms with Crippen molar-refractivity contribution >= 4 is 5.91 Å². The Balaban J connectivity index is 2.66. The summed E-state index contributed by atoms with van der Waals surface area (Å²) in [5, 5.41) is 3.28. The first kappa shape index (κ1) is 12.5. The van der Waals surface area contributed by atoms with E-state index in [2.05, 4.69) is 26.1 Å². The molecule has 0 spiro atoms. The van der Waals surface area contributed by atoms with Gasteiger partial charge >= 0.3 is 0 Å². The van der Waals surface area contributed by atoms with Crippen LogP contribution in [0.5, 0.6) is 0 Å². The molecule has 1 unspecified atom stereocenters. The van der Waals surface area contributed by atoms with Gasteiger partial charge in [-0.3, -0.25) is 4.79 Å². The van der Waals surface area contributed by atoms with E-state index in [1.54, 1.807) is 0 Å². The van der Waals surface area contributed by atoms with Gasteiger partial charge in [0.15, 0.2) is 0 Å². The Labute approximate surface area is 93.2 Å². The number of amides is 1. The molecule has 0 aliphatic carbocycles. The highest BCUT2D eigenvalue weighted by Gasteiger charge is 2.39. The van der Waals surface area contributed by atoms with Crippen LogP contribution in [0.15, 0.2) is 0 Å². The van der Waals surface area contributed by atoms with Gasteiger partial charge in [-0.25, -0.2) is 0 Å². The number of hydrogen-bond acceptors (Lipinski definition) is 2. The third-order valence-electron chi connectivity index (χ3n) is 3.70. The molecule has 0 aromatic rings. The van der Waals surface area contributed by atoms with Crippen molar-refractivity contribution < 1.29 is 4.79 Å². The molecule has 1 N–H and O–H groups in total. The summed E-state index contributed by atoms with van der Waals surface area (Å²) in [6.07, 6.45) is 3.06. The molecule has 1 aliphatic rings. The van der Waals surface area contributed by atoms with Crippen molar-refractivity contribution in [1.29, 1.82) is 0 Å². The van der Waals surface area contributed by atoms with Crippen LogP contribution in [0, 0.1) is 5.41 Å². The molecule has 1 atom stereocenters. The van der Waals surface area contributed by atoms with Crippen LogP contribution in [0.4, 0.5) is 0 Å². The standard InChI is InChI=1S/C12H24N2O/c1-5-10(6-2)14(4)11(15)12(3)7-8-13-9-12/h10,13H,5-9H2,1-4H3. The molecule has 0 radical (unpaired) electrons. The highest BCUT2D eigenvalue weighted by Crippen LogP contribution is 2.28. The van der Waals surface area contributed by atoms with Crippen molar-refractivity contribution in [3.05, 3.63) is 0 Å². The van der Waals surface area contributed by atoms with Gasteiger partial charge in [0.25, 0.3) is 0 Å². The monoisotopic (exact) mass is 212 g/mol. The quantitative estimate of drug-likeness (QED) is 0.768. The van der Waals surface area contributed by atoms with E-state index in [0.29, 0.717) is 11.9 Å². The first-order valence-electron chi connectivity index (χ1n) is 6.03. The maximum Gasteiger partial charge on any atom is 0.229 e. The molecule has 1 saturated heterocycles. The molecule has 3 heteroatoms. The lowest BCUT2D eigenvalue weighted by Gasteiger charge is -2.33. The smallest absolute Gasteiger partial charge is 0.229 e. The van der Waals surface area contributed by atoms with E-state index in [4.69, 9.17) is 0 Å². The molecule has 0 bridgehead atoms. The zero-order valence-corrected chi connectivity index (χ0v) is 10.5. The van der Waals surface area contributed by atoms with Crippen molar-refractivity contribution in [3.63, 3.8) is 0 Å². The minimum Gasteiger partial charge on any atom is -0.342 e. The summed E-state index contributed by atoms with van der Waals surface area (Å²) in [5.41, 5.74) is -0.169. The average molecular weight is 212 g/mol. The Kier molecular flexibility index (Phi) is 4.14. The topological polar surface area (TPSA) is 32.3 Å². The van der Waals surface area contributed by atoms with E-state index < -0.39 is 0 Å². The van der Waals surface area contributed by atoms with Crippen LogP contribution in [-0.2, 0) is 4.79 Å². The lowest BCUT2D eigenvalue weighted by Crippen LogP contribution is -2.46. The van der Waals surface area contributed by atoms with E-state index in [1.807, 2.05) is 11.9 Å². The number of hydrogen-bond donors (Lipinski definition) is 1. The fraction of sp³-hybridized carbons (Fsp3) is 0.917. The molecule has 1 aliphatic heterocycles. The highest BCUT2D eigenvalue weighted by molar-refractivity contribution is 5.83. The van der Waals surface area contributed by atoms with Gasteiger partial charge < -0.3 is 10.2 Å². The lowest BCUT2D eigenvalue weighted by atomic mass is 9.87. The van der Waals surface area contributed by atoms with Crippen LogP contribution < -0.4 is 5.32 Å². The Hall–Kier alpha value is -0.570. The van der Waals surface area contributed by atoms with Gasteiger partial charge in [0, 0.05) is 19.6 Å². The van der Waals surface area contributed by atoms with Gasteiger partial charge in [0.05, 0.1) is 5.41 Å². The van der Waals surface area contributed by atoms with Gasteiger partial charge in [-0.2, -0.15) is 0 Å². The molecule has 1 heterocycles. The van der Waals surface area contributed by atoms with E-state index in [-0.39, 0.29) is 5.41 Å². The summed E-state index contributed by atoms with van der Waals surface area (Å²) in [5.74, 6) is 0.307. The molecule has 0 aromatic heterocycles. The average Bonchev–Trinajstić information content (AvgIpc) is 2.67. The molecule has 0 saturated carbocycles. The second kappa shape index (κ2) is 4.97. The van der Waals surface area contributed by atoms with E-state index in [1.165, 1.54) is 0 Å². The van der Waals surface area contributed by atoms with Crippen molar-refractivity contribution in [2.75, 3.05) is 20.1 Å². The van der Waals surface area contributed by atoms with Crippen LogP contribution in [-0.4, -0.2) is 37.0 Å². The second-order valence-electron chi connectivity index (χ2n) is 4.87. The van der Waals surface area contributed by atoms with E-state index in [0.717, 1.165) is 32.4 Å². The molecule has 1 fully saturated rings. The molecule has 1 amide bonds. The number of carbonyl (C=O) groups excluding carboxylic acids is 1. The zero-order valence-electron chi connectivity index (χ0n) is 10.5. The fourth-order valence-electron chi connectivity index (χ4n) is 2.43. The number of carbonyl (C=O) groups is 1. The van der Waals surface area contributed by atoms with Crippen molar-refractivity contribution in [3.8, 4) is 0 Å². The Morgan fingerprint density at radius 2 is 2.07 bits per heavy atom. The molecular formula is C12H24N2O.